The Morgan fingerprint density at radius 3 is 2.33 bits per heavy atom. The number of benzene rings is 2. The molecule has 130 valence electrons. The van der Waals surface area contributed by atoms with E-state index < -0.39 is 10.0 Å². The summed E-state index contributed by atoms with van der Waals surface area (Å²) in [6.07, 6.45) is 0. The standard InChI is InChI=1S/C17H20ClFN2O2S/c1-12(2)21(3)24(22,23)14-9-7-13(8-10-14)20-11-15-16(18)5-4-6-17(15)19/h4-10,12,20H,11H2,1-3H3. The first-order valence-electron chi connectivity index (χ1n) is 7.48. The first kappa shape index (κ1) is 18.7. The van der Waals surface area contributed by atoms with E-state index in [0.717, 1.165) is 0 Å². The van der Waals surface area contributed by atoms with Gasteiger partial charge in [-0.2, -0.15) is 4.31 Å². The quantitative estimate of drug-likeness (QED) is 0.832. The maximum Gasteiger partial charge on any atom is 0.243 e. The van der Waals surface area contributed by atoms with Crippen LogP contribution in [-0.2, 0) is 16.6 Å². The fourth-order valence-corrected chi connectivity index (χ4v) is 3.68. The van der Waals surface area contributed by atoms with Crippen molar-refractivity contribution in [3.8, 4) is 0 Å². The molecule has 24 heavy (non-hydrogen) atoms. The summed E-state index contributed by atoms with van der Waals surface area (Å²) in [6, 6.07) is 10.7. The van der Waals surface area contributed by atoms with Gasteiger partial charge in [0.25, 0.3) is 0 Å². The first-order valence-corrected chi connectivity index (χ1v) is 9.30. The highest BCUT2D eigenvalue weighted by Gasteiger charge is 2.22. The summed E-state index contributed by atoms with van der Waals surface area (Å²) in [4.78, 5) is 0.216. The van der Waals surface area contributed by atoms with E-state index >= 15 is 0 Å². The third-order valence-electron chi connectivity index (χ3n) is 3.79. The van der Waals surface area contributed by atoms with Gasteiger partial charge in [-0.1, -0.05) is 17.7 Å². The molecule has 0 radical (unpaired) electrons. The van der Waals surface area contributed by atoms with E-state index in [2.05, 4.69) is 5.32 Å². The van der Waals surface area contributed by atoms with Gasteiger partial charge in [-0.25, -0.2) is 12.8 Å². The summed E-state index contributed by atoms with van der Waals surface area (Å²) < 4.78 is 39.8. The molecule has 4 nitrogen and oxygen atoms in total. The van der Waals surface area contributed by atoms with E-state index in [1.165, 1.54) is 22.5 Å². The molecule has 0 unspecified atom stereocenters. The maximum absolute atomic E-state index is 13.7. The van der Waals surface area contributed by atoms with Gasteiger partial charge in [0.15, 0.2) is 0 Å². The molecule has 0 fully saturated rings. The zero-order valence-electron chi connectivity index (χ0n) is 13.8. The van der Waals surface area contributed by atoms with Crippen molar-refractivity contribution in [3.63, 3.8) is 0 Å². The topological polar surface area (TPSA) is 49.4 Å². The summed E-state index contributed by atoms with van der Waals surface area (Å²) in [5.74, 6) is -0.382. The summed E-state index contributed by atoms with van der Waals surface area (Å²) in [5, 5.41) is 3.39. The largest absolute Gasteiger partial charge is 0.381 e. The molecule has 0 bridgehead atoms. The molecule has 0 spiro atoms. The van der Waals surface area contributed by atoms with Crippen molar-refractivity contribution in [3.05, 3.63) is 58.9 Å². The minimum atomic E-state index is -3.51. The zero-order valence-corrected chi connectivity index (χ0v) is 15.3. The van der Waals surface area contributed by atoms with Crippen molar-refractivity contribution in [2.45, 2.75) is 31.3 Å². The molecule has 0 aliphatic carbocycles. The van der Waals surface area contributed by atoms with E-state index in [1.54, 1.807) is 31.3 Å². The van der Waals surface area contributed by atoms with Gasteiger partial charge in [0.05, 0.1) is 4.90 Å². The number of nitrogens with zero attached hydrogens (tertiary/aromatic N) is 1. The highest BCUT2D eigenvalue weighted by molar-refractivity contribution is 7.89. The average molecular weight is 371 g/mol. The molecule has 0 amide bonds. The fraction of sp³-hybridized carbons (Fsp3) is 0.294. The fourth-order valence-electron chi connectivity index (χ4n) is 2.08. The summed E-state index contributed by atoms with van der Waals surface area (Å²) in [5.41, 5.74) is 1.05. The van der Waals surface area contributed by atoms with Crippen LogP contribution in [0.2, 0.25) is 5.02 Å². The van der Waals surface area contributed by atoms with Crippen LogP contribution in [0.3, 0.4) is 0 Å². The van der Waals surface area contributed by atoms with Crippen LogP contribution in [0, 0.1) is 5.82 Å². The molecule has 0 aromatic heterocycles. The number of hydrogen-bond donors (Lipinski definition) is 1. The minimum Gasteiger partial charge on any atom is -0.381 e. The molecule has 7 heteroatoms. The Kier molecular flexibility index (Phi) is 5.85. The number of anilines is 1. The second-order valence-corrected chi connectivity index (χ2v) is 8.10. The summed E-state index contributed by atoms with van der Waals surface area (Å²) in [7, 11) is -1.96. The number of halogens is 2. The van der Waals surface area contributed by atoms with Crippen molar-refractivity contribution >= 4 is 27.3 Å². The van der Waals surface area contributed by atoms with E-state index in [9.17, 15) is 12.8 Å². The molecule has 2 rings (SSSR count). The molecular formula is C17H20ClFN2O2S. The number of rotatable bonds is 6. The number of nitrogens with one attached hydrogen (secondary N) is 1. The van der Waals surface area contributed by atoms with Crippen LogP contribution in [0.25, 0.3) is 0 Å². The lowest BCUT2D eigenvalue weighted by atomic mass is 10.2. The van der Waals surface area contributed by atoms with Crippen molar-refractivity contribution in [1.29, 1.82) is 0 Å². The van der Waals surface area contributed by atoms with Crippen LogP contribution in [0.5, 0.6) is 0 Å². The Balaban J connectivity index is 2.13. The predicted molar refractivity (Wildman–Crippen MR) is 95.3 cm³/mol. The van der Waals surface area contributed by atoms with Crippen LogP contribution >= 0.6 is 11.6 Å². The van der Waals surface area contributed by atoms with Crippen LogP contribution in [0.15, 0.2) is 47.4 Å². The number of hydrogen-bond acceptors (Lipinski definition) is 3. The van der Waals surface area contributed by atoms with E-state index in [4.69, 9.17) is 11.6 Å². The SMILES string of the molecule is CC(C)N(C)S(=O)(=O)c1ccc(NCc2c(F)cccc2Cl)cc1. The second kappa shape index (κ2) is 7.51. The molecule has 0 saturated carbocycles. The van der Waals surface area contributed by atoms with Crippen molar-refractivity contribution in [2.75, 3.05) is 12.4 Å². The number of sulfonamides is 1. The Morgan fingerprint density at radius 1 is 1.17 bits per heavy atom. The normalized spacial score (nSPS) is 12.0. The van der Waals surface area contributed by atoms with Crippen molar-refractivity contribution < 1.29 is 12.8 Å². The highest BCUT2D eigenvalue weighted by atomic mass is 35.5. The Morgan fingerprint density at radius 2 is 1.79 bits per heavy atom. The van der Waals surface area contributed by atoms with Gasteiger partial charge in [0, 0.05) is 35.9 Å². The molecule has 0 heterocycles. The Labute approximate surface area is 147 Å². The van der Waals surface area contributed by atoms with E-state index in [1.807, 2.05) is 13.8 Å². The van der Waals surface area contributed by atoms with Crippen LogP contribution in [0.1, 0.15) is 19.4 Å². The van der Waals surface area contributed by atoms with Gasteiger partial charge >= 0.3 is 0 Å². The molecule has 0 saturated heterocycles. The zero-order chi connectivity index (χ0) is 17.9. The molecule has 2 aromatic rings. The first-order chi connectivity index (χ1) is 11.2. The molecular weight excluding hydrogens is 351 g/mol. The average Bonchev–Trinajstić information content (AvgIpc) is 2.54. The lowest BCUT2D eigenvalue weighted by Crippen LogP contribution is -2.33. The van der Waals surface area contributed by atoms with Gasteiger partial charge in [-0.05, 0) is 50.2 Å². The van der Waals surface area contributed by atoms with Crippen molar-refractivity contribution in [1.82, 2.24) is 4.31 Å². The Hall–Kier alpha value is -1.63. The monoisotopic (exact) mass is 370 g/mol. The molecule has 0 aliphatic heterocycles. The molecule has 0 aliphatic rings. The van der Waals surface area contributed by atoms with Gasteiger partial charge in [-0.15, -0.1) is 0 Å². The summed E-state index contributed by atoms with van der Waals surface area (Å²) in [6.45, 7) is 3.83. The van der Waals surface area contributed by atoms with E-state index in [-0.39, 0.29) is 23.3 Å². The van der Waals surface area contributed by atoms with Gasteiger partial charge in [0.2, 0.25) is 10.0 Å². The third-order valence-corrected chi connectivity index (χ3v) is 6.19. The van der Waals surface area contributed by atoms with Crippen LogP contribution in [-0.4, -0.2) is 25.8 Å². The minimum absolute atomic E-state index is 0.129. The molecule has 1 N–H and O–H groups in total. The summed E-state index contributed by atoms with van der Waals surface area (Å²) >= 11 is 5.98. The van der Waals surface area contributed by atoms with Crippen LogP contribution in [0.4, 0.5) is 10.1 Å². The van der Waals surface area contributed by atoms with Gasteiger partial charge < -0.3 is 5.32 Å². The van der Waals surface area contributed by atoms with Gasteiger partial charge in [-0.3, -0.25) is 0 Å². The molecule has 0 atom stereocenters. The third kappa shape index (κ3) is 4.06. The lowest BCUT2D eigenvalue weighted by molar-refractivity contribution is 0.410. The maximum atomic E-state index is 13.7. The van der Waals surface area contributed by atoms with Crippen LogP contribution < -0.4 is 5.32 Å². The predicted octanol–water partition coefficient (Wildman–Crippen LogP) is 4.12. The van der Waals surface area contributed by atoms with E-state index in [0.29, 0.717) is 16.3 Å². The molecule has 2 aromatic carbocycles. The highest BCUT2D eigenvalue weighted by Crippen LogP contribution is 2.22. The smallest absolute Gasteiger partial charge is 0.243 e. The Bertz CT molecular complexity index is 788. The second-order valence-electron chi connectivity index (χ2n) is 5.69. The van der Waals surface area contributed by atoms with Crippen molar-refractivity contribution in [2.24, 2.45) is 0 Å². The lowest BCUT2D eigenvalue weighted by Gasteiger charge is -2.21. The van der Waals surface area contributed by atoms with Gasteiger partial charge in [0.1, 0.15) is 5.82 Å².